The first-order chi connectivity index (χ1) is 8.93. The van der Waals surface area contributed by atoms with E-state index in [9.17, 15) is 15.0 Å². The van der Waals surface area contributed by atoms with Gasteiger partial charge in [-0.1, -0.05) is 5.92 Å². The summed E-state index contributed by atoms with van der Waals surface area (Å²) >= 11 is 0. The summed E-state index contributed by atoms with van der Waals surface area (Å²) in [6.07, 6.45) is 2.37. The maximum Gasteiger partial charge on any atom is 0.351 e. The van der Waals surface area contributed by atoms with Crippen LogP contribution in [0.25, 0.3) is 0 Å². The molecule has 1 aromatic heterocycles. The molecule has 5 N–H and O–H groups in total. The van der Waals surface area contributed by atoms with Gasteiger partial charge in [0, 0.05) is 6.20 Å². The minimum absolute atomic E-state index is 0.0136. The first-order valence-electron chi connectivity index (χ1n) is 5.43. The predicted molar refractivity (Wildman–Crippen MR) is 63.7 cm³/mol. The number of hydrogen-bond acceptors (Lipinski definition) is 7. The van der Waals surface area contributed by atoms with E-state index in [1.54, 1.807) is 0 Å². The van der Waals surface area contributed by atoms with Crippen LogP contribution in [-0.2, 0) is 4.74 Å². The van der Waals surface area contributed by atoms with E-state index in [4.69, 9.17) is 22.0 Å². The molecule has 8 nitrogen and oxygen atoms in total. The van der Waals surface area contributed by atoms with Crippen LogP contribution in [0.3, 0.4) is 0 Å². The van der Waals surface area contributed by atoms with Crippen LogP contribution < -0.4 is 11.4 Å². The fourth-order valence-electron chi connectivity index (χ4n) is 1.95. The van der Waals surface area contributed by atoms with Crippen molar-refractivity contribution < 1.29 is 20.1 Å². The van der Waals surface area contributed by atoms with Crippen LogP contribution in [0, 0.1) is 12.3 Å². The van der Waals surface area contributed by atoms with E-state index < -0.39 is 36.3 Å². The highest BCUT2D eigenvalue weighted by Crippen LogP contribution is 2.35. The molecule has 0 bridgehead atoms. The second-order valence-electron chi connectivity index (χ2n) is 4.15. The molecule has 1 fully saturated rings. The number of aliphatic hydroxyl groups is 3. The summed E-state index contributed by atoms with van der Waals surface area (Å²) in [5.41, 5.74) is 2.50. The Morgan fingerprint density at radius 1 is 1.68 bits per heavy atom. The average Bonchev–Trinajstić information content (AvgIpc) is 2.63. The summed E-state index contributed by atoms with van der Waals surface area (Å²) in [5, 5.41) is 29.2. The molecule has 19 heavy (non-hydrogen) atoms. The molecule has 2 rings (SSSR count). The molecule has 8 heteroatoms. The molecule has 102 valence electrons. The Kier molecular flexibility index (Phi) is 3.30. The van der Waals surface area contributed by atoms with Crippen molar-refractivity contribution in [2.24, 2.45) is 0 Å². The summed E-state index contributed by atoms with van der Waals surface area (Å²) in [5.74, 6) is 2.00. The lowest BCUT2D eigenvalue weighted by molar-refractivity contribution is -0.0624. The van der Waals surface area contributed by atoms with E-state index in [1.807, 2.05) is 5.92 Å². The third kappa shape index (κ3) is 1.98. The largest absolute Gasteiger partial charge is 0.394 e. The number of hydrogen-bond donors (Lipinski definition) is 4. The molecule has 0 aromatic carbocycles. The Bertz CT molecular complexity index is 580. The van der Waals surface area contributed by atoms with Gasteiger partial charge in [0.05, 0.1) is 6.61 Å². The number of aliphatic hydroxyl groups excluding tert-OH is 2. The summed E-state index contributed by atoms with van der Waals surface area (Å²) in [6, 6.07) is 1.33. The number of terminal acetylenes is 1. The van der Waals surface area contributed by atoms with Crippen LogP contribution in [0.15, 0.2) is 17.1 Å². The quantitative estimate of drug-likeness (QED) is 0.433. The van der Waals surface area contributed by atoms with E-state index in [0.717, 1.165) is 4.57 Å². The van der Waals surface area contributed by atoms with Crippen LogP contribution in [0.4, 0.5) is 5.82 Å². The Morgan fingerprint density at radius 3 is 2.84 bits per heavy atom. The highest BCUT2D eigenvalue weighted by molar-refractivity contribution is 5.24. The third-order valence-electron chi connectivity index (χ3n) is 3.04. The Morgan fingerprint density at radius 2 is 2.37 bits per heavy atom. The van der Waals surface area contributed by atoms with Crippen molar-refractivity contribution in [2.45, 2.75) is 24.0 Å². The number of ether oxygens (including phenoxy) is 1. The van der Waals surface area contributed by atoms with E-state index in [2.05, 4.69) is 4.98 Å². The number of anilines is 1. The molecule has 0 amide bonds. The van der Waals surface area contributed by atoms with Crippen LogP contribution in [0.1, 0.15) is 6.23 Å². The van der Waals surface area contributed by atoms with Gasteiger partial charge in [0.25, 0.3) is 0 Å². The fourth-order valence-corrected chi connectivity index (χ4v) is 1.95. The van der Waals surface area contributed by atoms with Gasteiger partial charge in [0.1, 0.15) is 18.0 Å². The fraction of sp³-hybridized carbons (Fsp3) is 0.455. The van der Waals surface area contributed by atoms with Crippen LogP contribution in [0.2, 0.25) is 0 Å². The molecular formula is C11H13N3O5. The first-order valence-corrected chi connectivity index (χ1v) is 5.43. The van der Waals surface area contributed by atoms with Crippen LogP contribution >= 0.6 is 0 Å². The molecular weight excluding hydrogens is 254 g/mol. The number of aromatic nitrogens is 2. The predicted octanol–water partition coefficient (Wildman–Crippen LogP) is -2.56. The van der Waals surface area contributed by atoms with Gasteiger partial charge in [-0.3, -0.25) is 4.57 Å². The second kappa shape index (κ2) is 4.64. The number of nitrogen functional groups attached to an aromatic ring is 1. The molecule has 1 aliphatic rings. The van der Waals surface area contributed by atoms with Crippen molar-refractivity contribution in [2.75, 3.05) is 12.3 Å². The number of rotatable bonds is 2. The smallest absolute Gasteiger partial charge is 0.351 e. The van der Waals surface area contributed by atoms with Gasteiger partial charge in [-0.15, -0.1) is 6.42 Å². The molecule has 1 saturated heterocycles. The van der Waals surface area contributed by atoms with E-state index in [-0.39, 0.29) is 5.82 Å². The van der Waals surface area contributed by atoms with Crippen LogP contribution in [0.5, 0.6) is 0 Å². The number of nitrogens with zero attached hydrogens (tertiary/aromatic N) is 2. The van der Waals surface area contributed by atoms with Gasteiger partial charge in [-0.05, 0) is 6.07 Å². The number of nitrogens with two attached hydrogens (primary N) is 1. The maximum absolute atomic E-state index is 11.7. The summed E-state index contributed by atoms with van der Waals surface area (Å²) in [4.78, 5) is 15.1. The molecule has 4 atom stereocenters. The van der Waals surface area contributed by atoms with Crippen molar-refractivity contribution in [3.05, 3.63) is 22.7 Å². The average molecular weight is 267 g/mol. The molecule has 2 heterocycles. The molecule has 0 spiro atoms. The Hall–Kier alpha value is -1.92. The standard InChI is InChI=1S/C11H13N3O5/c1-2-11(18)6(5-15)19-9(8(11)16)14-4-3-7(12)13-10(14)17/h1,3-4,6,8-9,15-16,18H,5H2,(H2,12,13,17)/t6?,8-,9?,11+/m0/s1. The molecule has 0 aliphatic carbocycles. The van der Waals surface area contributed by atoms with Gasteiger partial charge in [-0.25, -0.2) is 4.79 Å². The van der Waals surface area contributed by atoms with E-state index in [1.165, 1.54) is 12.3 Å². The maximum atomic E-state index is 11.7. The summed E-state index contributed by atoms with van der Waals surface area (Å²) < 4.78 is 6.17. The Balaban J connectivity index is 2.43. The second-order valence-corrected chi connectivity index (χ2v) is 4.15. The van der Waals surface area contributed by atoms with Crippen molar-refractivity contribution in [1.82, 2.24) is 9.55 Å². The molecule has 2 unspecified atom stereocenters. The van der Waals surface area contributed by atoms with Crippen LogP contribution in [-0.4, -0.2) is 49.3 Å². The lowest BCUT2D eigenvalue weighted by Gasteiger charge is -2.23. The zero-order valence-electron chi connectivity index (χ0n) is 9.80. The SMILES string of the molecule is C#C[C@@]1(O)C(CO)OC(n2ccc(N)nc2=O)[C@@H]1O. The lowest BCUT2D eigenvalue weighted by atomic mass is 9.93. The van der Waals surface area contributed by atoms with Gasteiger partial charge in [0.2, 0.25) is 0 Å². The minimum Gasteiger partial charge on any atom is -0.394 e. The summed E-state index contributed by atoms with van der Waals surface area (Å²) in [6.45, 7) is -0.606. The highest BCUT2D eigenvalue weighted by Gasteiger charge is 2.55. The third-order valence-corrected chi connectivity index (χ3v) is 3.04. The normalized spacial score (nSPS) is 34.1. The topological polar surface area (TPSA) is 131 Å². The highest BCUT2D eigenvalue weighted by atomic mass is 16.6. The van der Waals surface area contributed by atoms with Gasteiger partial charge in [-0.2, -0.15) is 4.98 Å². The zero-order valence-corrected chi connectivity index (χ0v) is 9.80. The minimum atomic E-state index is -2.08. The zero-order chi connectivity index (χ0) is 14.2. The van der Waals surface area contributed by atoms with Crippen molar-refractivity contribution in [3.63, 3.8) is 0 Å². The molecule has 0 radical (unpaired) electrons. The van der Waals surface area contributed by atoms with E-state index in [0.29, 0.717) is 0 Å². The van der Waals surface area contributed by atoms with E-state index >= 15 is 0 Å². The molecule has 0 saturated carbocycles. The van der Waals surface area contributed by atoms with Gasteiger partial charge >= 0.3 is 5.69 Å². The van der Waals surface area contributed by atoms with Crippen molar-refractivity contribution >= 4 is 5.82 Å². The van der Waals surface area contributed by atoms with Crippen molar-refractivity contribution in [1.29, 1.82) is 0 Å². The monoisotopic (exact) mass is 267 g/mol. The first kappa shape index (κ1) is 13.5. The van der Waals surface area contributed by atoms with Crippen molar-refractivity contribution in [3.8, 4) is 12.3 Å². The Labute approximate surface area is 108 Å². The van der Waals surface area contributed by atoms with Gasteiger partial charge < -0.3 is 25.8 Å². The molecule has 1 aromatic rings. The lowest BCUT2D eigenvalue weighted by Crippen LogP contribution is -2.48. The van der Waals surface area contributed by atoms with Gasteiger partial charge in [0.15, 0.2) is 11.8 Å². The summed E-state index contributed by atoms with van der Waals surface area (Å²) in [7, 11) is 0. The molecule has 1 aliphatic heterocycles.